The van der Waals surface area contributed by atoms with E-state index in [0.717, 1.165) is 32.6 Å². The van der Waals surface area contributed by atoms with Crippen molar-refractivity contribution in [2.24, 2.45) is 0 Å². The fraction of sp³-hybridized carbons (Fsp3) is 0.238. The van der Waals surface area contributed by atoms with E-state index in [-0.39, 0.29) is 5.97 Å². The van der Waals surface area contributed by atoms with Gasteiger partial charge in [0.05, 0.1) is 17.1 Å². The van der Waals surface area contributed by atoms with Crippen LogP contribution < -0.4 is 0 Å². The first-order valence-electron chi connectivity index (χ1n) is 8.35. The highest BCUT2D eigenvalue weighted by Crippen LogP contribution is 2.37. The fourth-order valence-electron chi connectivity index (χ4n) is 2.81. The van der Waals surface area contributed by atoms with Crippen molar-refractivity contribution in [1.82, 2.24) is 4.98 Å². The number of hydrogen-bond acceptors (Lipinski definition) is 4. The van der Waals surface area contributed by atoms with E-state index >= 15 is 0 Å². The first-order chi connectivity index (χ1) is 12.1. The van der Waals surface area contributed by atoms with E-state index in [0.29, 0.717) is 6.61 Å². The predicted molar refractivity (Wildman–Crippen MR) is 103 cm³/mol. The van der Waals surface area contributed by atoms with Gasteiger partial charge in [-0.25, -0.2) is 4.98 Å². The summed E-state index contributed by atoms with van der Waals surface area (Å²) in [6, 6.07) is 17.9. The van der Waals surface area contributed by atoms with Gasteiger partial charge in [-0.2, -0.15) is 0 Å². The Kier molecular flexibility index (Phi) is 5.39. The lowest BCUT2D eigenvalue weighted by Gasteiger charge is -2.16. The van der Waals surface area contributed by atoms with E-state index in [4.69, 9.17) is 9.72 Å². The molecule has 3 nitrogen and oxygen atoms in total. The van der Waals surface area contributed by atoms with Crippen molar-refractivity contribution in [2.45, 2.75) is 31.0 Å². The van der Waals surface area contributed by atoms with Gasteiger partial charge in [-0.15, -0.1) is 0 Å². The van der Waals surface area contributed by atoms with Gasteiger partial charge in [-0.3, -0.25) is 4.79 Å². The molecule has 0 aliphatic rings. The zero-order valence-electron chi connectivity index (χ0n) is 14.7. The molecule has 128 valence electrons. The Morgan fingerprint density at radius 1 is 1.08 bits per heavy atom. The van der Waals surface area contributed by atoms with Crippen molar-refractivity contribution in [3.8, 4) is 0 Å². The van der Waals surface area contributed by atoms with Crippen LogP contribution in [-0.4, -0.2) is 17.6 Å². The van der Waals surface area contributed by atoms with Crippen LogP contribution in [-0.2, 0) is 9.53 Å². The number of fused-ring (bicyclic) bond motifs is 1. The second kappa shape index (κ2) is 7.70. The zero-order valence-corrected chi connectivity index (χ0v) is 15.5. The summed E-state index contributed by atoms with van der Waals surface area (Å²) in [5, 5.41) is 1.56. The summed E-state index contributed by atoms with van der Waals surface area (Å²) in [4.78, 5) is 17.3. The molecule has 0 radical (unpaired) electrons. The van der Waals surface area contributed by atoms with Crippen LogP contribution in [0.25, 0.3) is 10.9 Å². The molecule has 0 amide bonds. The second-order valence-electron chi connectivity index (χ2n) is 5.91. The van der Waals surface area contributed by atoms with Gasteiger partial charge in [0.2, 0.25) is 0 Å². The lowest BCUT2D eigenvalue weighted by molar-refractivity contribution is -0.142. The Morgan fingerprint density at radius 3 is 2.56 bits per heavy atom. The monoisotopic (exact) mass is 351 g/mol. The number of nitrogens with zero attached hydrogens (tertiary/aromatic N) is 1. The number of thioether (sulfide) groups is 1. The third kappa shape index (κ3) is 3.85. The summed E-state index contributed by atoms with van der Waals surface area (Å²) in [6.07, 6.45) is 0. The van der Waals surface area contributed by atoms with Gasteiger partial charge in [0.15, 0.2) is 0 Å². The highest BCUT2D eigenvalue weighted by molar-refractivity contribution is 8.00. The van der Waals surface area contributed by atoms with Gasteiger partial charge in [-0.1, -0.05) is 60.3 Å². The van der Waals surface area contributed by atoms with E-state index in [1.54, 1.807) is 0 Å². The molecule has 0 saturated heterocycles. The molecule has 0 bridgehead atoms. The minimum Gasteiger partial charge on any atom is -0.465 e. The van der Waals surface area contributed by atoms with E-state index < -0.39 is 5.25 Å². The molecule has 1 atom stereocenters. The number of aromatic nitrogens is 1. The van der Waals surface area contributed by atoms with Crippen LogP contribution in [0.1, 0.15) is 28.9 Å². The summed E-state index contributed by atoms with van der Waals surface area (Å²) < 4.78 is 5.28. The van der Waals surface area contributed by atoms with E-state index in [2.05, 4.69) is 26.0 Å². The molecule has 0 fully saturated rings. The van der Waals surface area contributed by atoms with E-state index in [1.807, 2.05) is 49.4 Å². The van der Waals surface area contributed by atoms with Gasteiger partial charge >= 0.3 is 5.97 Å². The molecular weight excluding hydrogens is 330 g/mol. The van der Waals surface area contributed by atoms with Crippen molar-refractivity contribution in [3.05, 3.63) is 71.3 Å². The second-order valence-corrected chi connectivity index (χ2v) is 7.03. The van der Waals surface area contributed by atoms with Crippen LogP contribution in [0.3, 0.4) is 0 Å². The SMILES string of the molecule is CCOC(=O)[C@H](Sc1cc(C)c2cccc(C)c2n1)c1ccccc1. The molecule has 0 spiro atoms. The van der Waals surface area contributed by atoms with E-state index in [1.165, 1.54) is 11.8 Å². The lowest BCUT2D eigenvalue weighted by atomic mass is 10.1. The number of esters is 1. The molecule has 0 aliphatic heterocycles. The van der Waals surface area contributed by atoms with Crippen LogP contribution in [0.5, 0.6) is 0 Å². The molecule has 1 heterocycles. The van der Waals surface area contributed by atoms with Crippen molar-refractivity contribution in [3.63, 3.8) is 0 Å². The average Bonchev–Trinajstić information content (AvgIpc) is 2.61. The van der Waals surface area contributed by atoms with Crippen LogP contribution >= 0.6 is 11.8 Å². The molecule has 0 unspecified atom stereocenters. The van der Waals surface area contributed by atoms with Crippen molar-refractivity contribution < 1.29 is 9.53 Å². The number of aryl methyl sites for hydroxylation is 2. The topological polar surface area (TPSA) is 39.2 Å². The third-order valence-electron chi connectivity index (χ3n) is 4.07. The Morgan fingerprint density at radius 2 is 1.84 bits per heavy atom. The van der Waals surface area contributed by atoms with Crippen LogP contribution in [0.15, 0.2) is 59.6 Å². The first-order valence-corrected chi connectivity index (χ1v) is 9.23. The molecule has 0 N–H and O–H groups in total. The lowest BCUT2D eigenvalue weighted by Crippen LogP contribution is -2.13. The number of rotatable bonds is 5. The quantitative estimate of drug-likeness (QED) is 0.465. The van der Waals surface area contributed by atoms with E-state index in [9.17, 15) is 4.79 Å². The molecule has 25 heavy (non-hydrogen) atoms. The summed E-state index contributed by atoms with van der Waals surface area (Å²) in [7, 11) is 0. The fourth-order valence-corrected chi connectivity index (χ4v) is 3.90. The molecule has 3 aromatic rings. The minimum absolute atomic E-state index is 0.233. The van der Waals surface area contributed by atoms with Gasteiger partial charge in [0.25, 0.3) is 0 Å². The summed E-state index contributed by atoms with van der Waals surface area (Å²) in [6.45, 7) is 6.33. The maximum Gasteiger partial charge on any atom is 0.324 e. The standard InChI is InChI=1S/C21H21NO2S/c1-4-24-21(23)20(16-10-6-5-7-11-16)25-18-13-15(3)17-12-8-9-14(2)19(17)22-18/h5-13,20H,4H2,1-3H3/t20-/m1/s1. The Labute approximate surface area is 152 Å². The number of hydrogen-bond donors (Lipinski definition) is 0. The van der Waals surface area contributed by atoms with Crippen molar-refractivity contribution in [1.29, 1.82) is 0 Å². The maximum atomic E-state index is 12.5. The minimum atomic E-state index is -0.422. The summed E-state index contributed by atoms with van der Waals surface area (Å²) >= 11 is 1.44. The van der Waals surface area contributed by atoms with Gasteiger partial charge in [0.1, 0.15) is 5.25 Å². The van der Waals surface area contributed by atoms with Crippen molar-refractivity contribution >= 4 is 28.6 Å². The number of ether oxygens (including phenoxy) is 1. The maximum absolute atomic E-state index is 12.5. The molecule has 3 rings (SSSR count). The normalized spacial score (nSPS) is 12.1. The third-order valence-corrected chi connectivity index (χ3v) is 5.22. The summed E-state index contributed by atoms with van der Waals surface area (Å²) in [5.41, 5.74) is 4.21. The number of benzene rings is 2. The van der Waals surface area contributed by atoms with Gasteiger partial charge in [0, 0.05) is 5.39 Å². The molecule has 0 saturated carbocycles. The van der Waals surface area contributed by atoms with Crippen LogP contribution in [0.4, 0.5) is 0 Å². The summed E-state index contributed by atoms with van der Waals surface area (Å²) in [5.74, 6) is -0.233. The molecule has 2 aromatic carbocycles. The smallest absolute Gasteiger partial charge is 0.324 e. The predicted octanol–water partition coefficient (Wildman–Crippen LogP) is 5.25. The number of carbonyl (C=O) groups excluding carboxylic acids is 1. The zero-order chi connectivity index (χ0) is 17.8. The molecular formula is C21H21NO2S. The number of para-hydroxylation sites is 1. The highest BCUT2D eigenvalue weighted by atomic mass is 32.2. The van der Waals surface area contributed by atoms with Crippen molar-refractivity contribution in [2.75, 3.05) is 6.61 Å². The average molecular weight is 351 g/mol. The number of carbonyl (C=O) groups is 1. The first kappa shape index (κ1) is 17.5. The van der Waals surface area contributed by atoms with Gasteiger partial charge in [-0.05, 0) is 43.5 Å². The molecule has 0 aliphatic carbocycles. The Hall–Kier alpha value is -2.33. The largest absolute Gasteiger partial charge is 0.465 e. The van der Waals surface area contributed by atoms with Gasteiger partial charge < -0.3 is 4.74 Å². The Bertz CT molecular complexity index is 893. The highest BCUT2D eigenvalue weighted by Gasteiger charge is 2.24. The number of pyridine rings is 1. The van der Waals surface area contributed by atoms with Crippen LogP contribution in [0, 0.1) is 13.8 Å². The molecule has 4 heteroatoms. The molecule has 1 aromatic heterocycles. The van der Waals surface area contributed by atoms with Crippen LogP contribution in [0.2, 0.25) is 0 Å². The Balaban J connectivity index is 2.01.